The Morgan fingerprint density at radius 3 is 2.81 bits per heavy atom. The Kier molecular flexibility index (Phi) is 4.90. The van der Waals surface area contributed by atoms with Crippen LogP contribution in [0.2, 0.25) is 0 Å². The molecule has 0 spiro atoms. The van der Waals surface area contributed by atoms with Gasteiger partial charge in [0.15, 0.2) is 5.82 Å². The van der Waals surface area contributed by atoms with Crippen molar-refractivity contribution in [2.24, 2.45) is 0 Å². The molecule has 1 unspecified atom stereocenters. The third kappa shape index (κ3) is 3.40. The normalized spacial score (nSPS) is 16.6. The zero-order valence-electron chi connectivity index (χ0n) is 18.0. The minimum Gasteiger partial charge on any atom is -0.478 e. The SMILES string of the molecule is Cc1noc(C)c1-c1cc(N2CCOCC2C)nc(-c2cc(C(=O)O)cc3[nH]ccc23)n1. The van der Waals surface area contributed by atoms with Crippen LogP contribution >= 0.6 is 0 Å². The molecule has 0 aliphatic carbocycles. The van der Waals surface area contributed by atoms with Crippen LogP contribution in [0, 0.1) is 13.8 Å². The van der Waals surface area contributed by atoms with Crippen molar-refractivity contribution >= 4 is 22.7 Å². The lowest BCUT2D eigenvalue weighted by Gasteiger charge is -2.34. The van der Waals surface area contributed by atoms with Gasteiger partial charge in [0.05, 0.1) is 41.8 Å². The molecule has 1 atom stereocenters. The van der Waals surface area contributed by atoms with Gasteiger partial charge in [0.2, 0.25) is 0 Å². The van der Waals surface area contributed by atoms with E-state index in [0.717, 1.165) is 22.5 Å². The largest absolute Gasteiger partial charge is 0.478 e. The molecule has 9 nitrogen and oxygen atoms in total. The molecule has 9 heteroatoms. The molecule has 0 radical (unpaired) electrons. The van der Waals surface area contributed by atoms with Gasteiger partial charge in [0, 0.05) is 35.3 Å². The van der Waals surface area contributed by atoms with Gasteiger partial charge in [-0.1, -0.05) is 5.16 Å². The van der Waals surface area contributed by atoms with Crippen LogP contribution in [-0.4, -0.2) is 57.0 Å². The van der Waals surface area contributed by atoms with E-state index in [4.69, 9.17) is 19.2 Å². The number of anilines is 1. The van der Waals surface area contributed by atoms with E-state index in [0.29, 0.717) is 48.1 Å². The monoisotopic (exact) mass is 433 g/mol. The summed E-state index contributed by atoms with van der Waals surface area (Å²) in [6, 6.07) is 7.22. The maximum absolute atomic E-state index is 11.8. The number of carboxylic acids is 1. The highest BCUT2D eigenvalue weighted by molar-refractivity contribution is 6.00. The Morgan fingerprint density at radius 1 is 1.25 bits per heavy atom. The Balaban J connectivity index is 1.76. The van der Waals surface area contributed by atoms with Gasteiger partial charge < -0.3 is 24.3 Å². The molecule has 2 N–H and O–H groups in total. The first-order chi connectivity index (χ1) is 15.4. The van der Waals surface area contributed by atoms with Crippen molar-refractivity contribution in [3.8, 4) is 22.6 Å². The topological polar surface area (TPSA) is 117 Å². The highest BCUT2D eigenvalue weighted by atomic mass is 16.5. The number of rotatable bonds is 4. The lowest BCUT2D eigenvalue weighted by atomic mass is 10.0. The number of fused-ring (bicyclic) bond motifs is 1. The number of ether oxygens (including phenoxy) is 1. The van der Waals surface area contributed by atoms with Gasteiger partial charge in [0.25, 0.3) is 0 Å². The van der Waals surface area contributed by atoms with Crippen molar-refractivity contribution in [3.63, 3.8) is 0 Å². The van der Waals surface area contributed by atoms with Crippen LogP contribution in [0.1, 0.15) is 28.7 Å². The third-order valence-electron chi connectivity index (χ3n) is 5.82. The second-order valence-corrected chi connectivity index (χ2v) is 8.02. The maximum atomic E-state index is 11.8. The zero-order valence-corrected chi connectivity index (χ0v) is 18.0. The first-order valence-electron chi connectivity index (χ1n) is 10.4. The highest BCUT2D eigenvalue weighted by Crippen LogP contribution is 2.34. The van der Waals surface area contributed by atoms with Crippen LogP contribution in [0.15, 0.2) is 35.0 Å². The van der Waals surface area contributed by atoms with Gasteiger partial charge >= 0.3 is 5.97 Å². The molecule has 0 bridgehead atoms. The van der Waals surface area contributed by atoms with E-state index in [9.17, 15) is 9.90 Å². The molecule has 1 aromatic carbocycles. The second kappa shape index (κ2) is 7.76. The molecule has 32 heavy (non-hydrogen) atoms. The van der Waals surface area contributed by atoms with E-state index in [1.807, 2.05) is 26.0 Å². The predicted octanol–water partition coefficient (Wildman–Crippen LogP) is 3.82. The number of morpholine rings is 1. The van der Waals surface area contributed by atoms with Gasteiger partial charge in [-0.05, 0) is 39.0 Å². The molecular formula is C23H23N5O4. The van der Waals surface area contributed by atoms with E-state index in [2.05, 4.69) is 22.0 Å². The van der Waals surface area contributed by atoms with Gasteiger partial charge in [-0.2, -0.15) is 0 Å². The number of hydrogen-bond donors (Lipinski definition) is 2. The summed E-state index contributed by atoms with van der Waals surface area (Å²) in [5.41, 5.74) is 3.77. The number of carbonyl (C=O) groups is 1. The van der Waals surface area contributed by atoms with Crippen molar-refractivity contribution in [3.05, 3.63) is 47.5 Å². The molecule has 0 amide bonds. The number of aryl methyl sites for hydroxylation is 2. The van der Waals surface area contributed by atoms with Crippen LogP contribution in [0.3, 0.4) is 0 Å². The van der Waals surface area contributed by atoms with E-state index in [1.54, 1.807) is 18.3 Å². The van der Waals surface area contributed by atoms with Crippen molar-refractivity contribution < 1.29 is 19.2 Å². The van der Waals surface area contributed by atoms with Crippen molar-refractivity contribution in [2.45, 2.75) is 26.8 Å². The van der Waals surface area contributed by atoms with E-state index in [1.165, 1.54) is 0 Å². The van der Waals surface area contributed by atoms with Gasteiger partial charge in [0.1, 0.15) is 11.6 Å². The molecule has 5 rings (SSSR count). The third-order valence-corrected chi connectivity index (χ3v) is 5.82. The summed E-state index contributed by atoms with van der Waals surface area (Å²) in [7, 11) is 0. The first kappa shape index (κ1) is 20.2. The van der Waals surface area contributed by atoms with E-state index < -0.39 is 5.97 Å². The summed E-state index contributed by atoms with van der Waals surface area (Å²) in [6.07, 6.45) is 1.78. The Morgan fingerprint density at radius 2 is 2.09 bits per heavy atom. The molecule has 1 fully saturated rings. The van der Waals surface area contributed by atoms with Crippen LogP contribution in [0.5, 0.6) is 0 Å². The van der Waals surface area contributed by atoms with Gasteiger partial charge in [-0.15, -0.1) is 0 Å². The number of hydrogen-bond acceptors (Lipinski definition) is 7. The molecule has 4 aromatic rings. The van der Waals surface area contributed by atoms with Crippen LogP contribution in [0.25, 0.3) is 33.5 Å². The van der Waals surface area contributed by atoms with Crippen molar-refractivity contribution in [2.75, 3.05) is 24.7 Å². The molecule has 4 heterocycles. The zero-order chi connectivity index (χ0) is 22.4. The Labute approximate surface area is 184 Å². The standard InChI is InChI=1S/C23H23N5O4/c1-12-11-31-7-6-28(12)20-10-19(21-13(2)27-32-14(21)3)25-22(26-20)17-8-15(23(29)30)9-18-16(17)4-5-24-18/h4-5,8-10,12,24H,6-7,11H2,1-3H3,(H,29,30). The van der Waals surface area contributed by atoms with Crippen molar-refractivity contribution in [1.82, 2.24) is 20.1 Å². The molecule has 1 aliphatic heterocycles. The van der Waals surface area contributed by atoms with E-state index >= 15 is 0 Å². The predicted molar refractivity (Wildman–Crippen MR) is 119 cm³/mol. The van der Waals surface area contributed by atoms with Crippen LogP contribution in [-0.2, 0) is 4.74 Å². The van der Waals surface area contributed by atoms with Crippen LogP contribution in [0.4, 0.5) is 5.82 Å². The lowest BCUT2D eigenvalue weighted by Crippen LogP contribution is -2.44. The minimum atomic E-state index is -1.01. The number of nitrogens with one attached hydrogen (secondary N) is 1. The number of aromatic carboxylic acids is 1. The number of nitrogens with zero attached hydrogens (tertiary/aromatic N) is 4. The molecule has 3 aromatic heterocycles. The van der Waals surface area contributed by atoms with Gasteiger partial charge in [-0.3, -0.25) is 0 Å². The number of aromatic nitrogens is 4. The number of benzene rings is 1. The second-order valence-electron chi connectivity index (χ2n) is 8.02. The summed E-state index contributed by atoms with van der Waals surface area (Å²) in [5.74, 6) is 0.861. The molecule has 164 valence electrons. The first-order valence-corrected chi connectivity index (χ1v) is 10.4. The summed E-state index contributed by atoms with van der Waals surface area (Å²) >= 11 is 0. The number of H-pyrrole nitrogens is 1. The maximum Gasteiger partial charge on any atom is 0.335 e. The highest BCUT2D eigenvalue weighted by Gasteiger charge is 2.24. The fourth-order valence-electron chi connectivity index (χ4n) is 4.22. The Bertz CT molecular complexity index is 1310. The fraction of sp³-hybridized carbons (Fsp3) is 0.304. The smallest absolute Gasteiger partial charge is 0.335 e. The molecule has 0 saturated carbocycles. The van der Waals surface area contributed by atoms with E-state index in [-0.39, 0.29) is 11.6 Å². The van der Waals surface area contributed by atoms with Gasteiger partial charge in [-0.25, -0.2) is 14.8 Å². The summed E-state index contributed by atoms with van der Waals surface area (Å²) < 4.78 is 11.0. The average Bonchev–Trinajstić information content (AvgIpc) is 3.39. The van der Waals surface area contributed by atoms with Crippen molar-refractivity contribution in [1.29, 1.82) is 0 Å². The molecule has 1 saturated heterocycles. The summed E-state index contributed by atoms with van der Waals surface area (Å²) in [5, 5.41) is 14.6. The number of aromatic amines is 1. The quantitative estimate of drug-likeness (QED) is 0.499. The summed E-state index contributed by atoms with van der Waals surface area (Å²) in [4.78, 5) is 26.8. The molecule has 1 aliphatic rings. The minimum absolute atomic E-state index is 0.140. The Hall–Kier alpha value is -3.72. The fourth-order valence-corrected chi connectivity index (χ4v) is 4.22. The number of carboxylic acid groups (broad SMARTS) is 1. The summed E-state index contributed by atoms with van der Waals surface area (Å²) in [6.45, 7) is 7.74. The lowest BCUT2D eigenvalue weighted by molar-refractivity contribution is 0.0697. The average molecular weight is 433 g/mol. The van der Waals surface area contributed by atoms with Crippen LogP contribution < -0.4 is 4.90 Å². The molecular weight excluding hydrogens is 410 g/mol.